The molecule has 0 radical (unpaired) electrons. The summed E-state index contributed by atoms with van der Waals surface area (Å²) in [5, 5.41) is 2.84. The Kier molecular flexibility index (Phi) is 11.3. The predicted molar refractivity (Wildman–Crippen MR) is 49.5 cm³/mol. The van der Waals surface area contributed by atoms with Crippen LogP contribution in [0.15, 0.2) is 0 Å². The van der Waals surface area contributed by atoms with Crippen LogP contribution < -0.4 is 5.32 Å². The van der Waals surface area contributed by atoms with E-state index in [1.165, 1.54) is 0 Å². The average molecular weight is 159 g/mol. The first-order valence-electron chi connectivity index (χ1n) is 4.47. The first-order chi connectivity index (χ1) is 5.20. The maximum absolute atomic E-state index is 10.5. The van der Waals surface area contributed by atoms with E-state index in [1.807, 2.05) is 13.8 Å². The lowest BCUT2D eigenvalue weighted by atomic mass is 10.2. The number of carbonyl (C=O) groups excluding carboxylic acids is 1. The van der Waals surface area contributed by atoms with Crippen LogP contribution in [0.2, 0.25) is 0 Å². The topological polar surface area (TPSA) is 29.1 Å². The maximum Gasteiger partial charge on any atom is 0.217 e. The fourth-order valence-electron chi connectivity index (χ4n) is 0.780. The van der Waals surface area contributed by atoms with E-state index in [0.29, 0.717) is 6.04 Å². The highest BCUT2D eigenvalue weighted by atomic mass is 16.1. The van der Waals surface area contributed by atoms with Crippen molar-refractivity contribution in [2.45, 2.75) is 53.5 Å². The Morgan fingerprint density at radius 2 is 1.64 bits per heavy atom. The standard InChI is InChI=1S/C7H15NO.C2H6/c1-4-7(5-2)8-6(3)9;1-2/h7H,4-5H2,1-3H3,(H,8,9);1-2H3. The first kappa shape index (κ1) is 13.1. The van der Waals surface area contributed by atoms with Gasteiger partial charge in [0, 0.05) is 13.0 Å². The zero-order valence-corrected chi connectivity index (χ0v) is 8.40. The Bertz CT molecular complexity index is 87.6. The number of rotatable bonds is 3. The van der Waals surface area contributed by atoms with Crippen molar-refractivity contribution in [1.29, 1.82) is 0 Å². The summed E-state index contributed by atoms with van der Waals surface area (Å²) in [6.45, 7) is 9.70. The lowest BCUT2D eigenvalue weighted by Gasteiger charge is -2.11. The van der Waals surface area contributed by atoms with Crippen molar-refractivity contribution in [1.82, 2.24) is 5.32 Å². The predicted octanol–water partition coefficient (Wildman–Crippen LogP) is 2.34. The Morgan fingerprint density at radius 1 is 1.27 bits per heavy atom. The van der Waals surface area contributed by atoms with E-state index in [4.69, 9.17) is 0 Å². The summed E-state index contributed by atoms with van der Waals surface area (Å²) in [6.07, 6.45) is 2.05. The second-order valence-electron chi connectivity index (χ2n) is 2.21. The fourth-order valence-corrected chi connectivity index (χ4v) is 0.780. The van der Waals surface area contributed by atoms with Crippen molar-refractivity contribution in [3.8, 4) is 0 Å². The van der Waals surface area contributed by atoms with Crippen molar-refractivity contribution in [3.63, 3.8) is 0 Å². The van der Waals surface area contributed by atoms with Crippen LogP contribution in [0.3, 0.4) is 0 Å². The molecule has 0 fully saturated rings. The second kappa shape index (κ2) is 9.47. The Labute approximate surface area is 70.4 Å². The van der Waals surface area contributed by atoms with Crippen LogP contribution in [0.5, 0.6) is 0 Å². The smallest absolute Gasteiger partial charge is 0.217 e. The van der Waals surface area contributed by atoms with E-state index in [9.17, 15) is 4.79 Å². The third-order valence-electron chi connectivity index (χ3n) is 1.39. The van der Waals surface area contributed by atoms with Crippen molar-refractivity contribution >= 4 is 5.91 Å². The van der Waals surface area contributed by atoms with E-state index in [2.05, 4.69) is 19.2 Å². The summed E-state index contributed by atoms with van der Waals surface area (Å²) in [7, 11) is 0. The van der Waals surface area contributed by atoms with Crippen LogP contribution in [0.1, 0.15) is 47.5 Å². The largest absolute Gasteiger partial charge is 0.354 e. The van der Waals surface area contributed by atoms with Crippen molar-refractivity contribution < 1.29 is 4.79 Å². The van der Waals surface area contributed by atoms with Gasteiger partial charge in [0.1, 0.15) is 0 Å². The molecule has 0 spiro atoms. The molecule has 0 aliphatic rings. The van der Waals surface area contributed by atoms with Gasteiger partial charge in [-0.2, -0.15) is 0 Å². The van der Waals surface area contributed by atoms with E-state index in [0.717, 1.165) is 12.8 Å². The van der Waals surface area contributed by atoms with E-state index >= 15 is 0 Å². The second-order valence-corrected chi connectivity index (χ2v) is 2.21. The molecule has 0 aliphatic carbocycles. The van der Waals surface area contributed by atoms with Gasteiger partial charge in [0.2, 0.25) is 5.91 Å². The summed E-state index contributed by atoms with van der Waals surface area (Å²) < 4.78 is 0. The van der Waals surface area contributed by atoms with E-state index < -0.39 is 0 Å². The minimum Gasteiger partial charge on any atom is -0.354 e. The lowest BCUT2D eigenvalue weighted by molar-refractivity contribution is -0.119. The number of hydrogen-bond acceptors (Lipinski definition) is 1. The molecule has 0 aromatic carbocycles. The van der Waals surface area contributed by atoms with Crippen LogP contribution in [-0.4, -0.2) is 11.9 Å². The highest BCUT2D eigenvalue weighted by Crippen LogP contribution is 1.94. The molecule has 0 aromatic heterocycles. The molecule has 2 nitrogen and oxygen atoms in total. The number of amides is 1. The minimum absolute atomic E-state index is 0.0729. The van der Waals surface area contributed by atoms with Crippen LogP contribution in [-0.2, 0) is 4.79 Å². The SMILES string of the molecule is CC.CCC(CC)NC(C)=O. The van der Waals surface area contributed by atoms with E-state index in [-0.39, 0.29) is 5.91 Å². The number of hydrogen-bond donors (Lipinski definition) is 1. The van der Waals surface area contributed by atoms with Crippen LogP contribution in [0.25, 0.3) is 0 Å². The van der Waals surface area contributed by atoms with Crippen molar-refractivity contribution in [3.05, 3.63) is 0 Å². The van der Waals surface area contributed by atoms with Gasteiger partial charge in [-0.3, -0.25) is 4.79 Å². The zero-order chi connectivity index (χ0) is 9.28. The molecule has 0 unspecified atom stereocenters. The van der Waals surface area contributed by atoms with Gasteiger partial charge in [0.15, 0.2) is 0 Å². The van der Waals surface area contributed by atoms with Gasteiger partial charge >= 0.3 is 0 Å². The third-order valence-corrected chi connectivity index (χ3v) is 1.39. The average Bonchev–Trinajstić information content (AvgIpc) is 2.03. The van der Waals surface area contributed by atoms with Crippen LogP contribution in [0, 0.1) is 0 Å². The summed E-state index contributed by atoms with van der Waals surface area (Å²) in [5.41, 5.74) is 0. The highest BCUT2D eigenvalue weighted by molar-refractivity contribution is 5.73. The molecule has 1 amide bonds. The van der Waals surface area contributed by atoms with Gasteiger partial charge < -0.3 is 5.32 Å². The molecule has 0 aliphatic heterocycles. The number of nitrogens with one attached hydrogen (secondary N) is 1. The molecule has 11 heavy (non-hydrogen) atoms. The molecular formula is C9H21NO. The Balaban J connectivity index is 0. The molecule has 0 aromatic rings. The van der Waals surface area contributed by atoms with Gasteiger partial charge in [0.25, 0.3) is 0 Å². The summed E-state index contributed by atoms with van der Waals surface area (Å²) in [5.74, 6) is 0.0729. The Hall–Kier alpha value is -0.530. The molecule has 0 bridgehead atoms. The molecular weight excluding hydrogens is 138 g/mol. The van der Waals surface area contributed by atoms with Crippen molar-refractivity contribution in [2.24, 2.45) is 0 Å². The fraction of sp³-hybridized carbons (Fsp3) is 0.889. The third kappa shape index (κ3) is 9.47. The molecule has 0 saturated heterocycles. The van der Waals surface area contributed by atoms with Crippen LogP contribution >= 0.6 is 0 Å². The van der Waals surface area contributed by atoms with E-state index in [1.54, 1.807) is 6.92 Å². The summed E-state index contributed by atoms with van der Waals surface area (Å²) >= 11 is 0. The number of carbonyl (C=O) groups is 1. The molecule has 0 saturated carbocycles. The van der Waals surface area contributed by atoms with Gasteiger partial charge in [-0.05, 0) is 12.8 Å². The van der Waals surface area contributed by atoms with Gasteiger partial charge in [0.05, 0.1) is 0 Å². The van der Waals surface area contributed by atoms with Gasteiger partial charge in [-0.15, -0.1) is 0 Å². The quantitative estimate of drug-likeness (QED) is 0.673. The van der Waals surface area contributed by atoms with Gasteiger partial charge in [-0.1, -0.05) is 27.7 Å². The normalized spacial score (nSPS) is 8.55. The van der Waals surface area contributed by atoms with Crippen molar-refractivity contribution in [2.75, 3.05) is 0 Å². The minimum atomic E-state index is 0.0729. The molecule has 2 heteroatoms. The zero-order valence-electron chi connectivity index (χ0n) is 8.40. The molecule has 0 heterocycles. The monoisotopic (exact) mass is 159 g/mol. The lowest BCUT2D eigenvalue weighted by Crippen LogP contribution is -2.31. The van der Waals surface area contributed by atoms with Crippen LogP contribution in [0.4, 0.5) is 0 Å². The first-order valence-corrected chi connectivity index (χ1v) is 4.47. The summed E-state index contributed by atoms with van der Waals surface area (Å²) in [6, 6.07) is 0.377. The summed E-state index contributed by atoms with van der Waals surface area (Å²) in [4.78, 5) is 10.5. The molecule has 1 N–H and O–H groups in total. The Morgan fingerprint density at radius 3 is 1.73 bits per heavy atom. The highest BCUT2D eigenvalue weighted by Gasteiger charge is 2.01. The van der Waals surface area contributed by atoms with Gasteiger partial charge in [-0.25, -0.2) is 0 Å². The molecule has 0 atom stereocenters. The molecule has 68 valence electrons. The maximum atomic E-state index is 10.5. The molecule has 0 rings (SSSR count).